The molecule has 1 fully saturated rings. The zero-order chi connectivity index (χ0) is 16.3. The number of aryl methyl sites for hydroxylation is 1. The summed E-state index contributed by atoms with van der Waals surface area (Å²) in [7, 11) is -0.521. The van der Waals surface area contributed by atoms with E-state index >= 15 is 0 Å². The van der Waals surface area contributed by atoms with E-state index < -0.39 is 24.4 Å². The zero-order valence-electron chi connectivity index (χ0n) is 13.4. The first-order valence-corrected chi connectivity index (χ1v) is 7.20. The maximum Gasteiger partial charge on any atom is 0.494 e. The summed E-state index contributed by atoms with van der Waals surface area (Å²) in [4.78, 5) is 11.3. The molecule has 22 heavy (non-hydrogen) atoms. The van der Waals surface area contributed by atoms with Gasteiger partial charge in [0.2, 0.25) is 0 Å². The molecule has 1 aliphatic heterocycles. The standard InChI is InChI=1S/C15H19BN2O4/c1-9-11-7-6-10(8-12(11)18(17-9)13(19)20)16-21-14(2,3)15(4,5)22-16/h6-8H,1-5H3,(H,19,20). The molecule has 2 heterocycles. The van der Waals surface area contributed by atoms with Gasteiger partial charge in [0, 0.05) is 5.39 Å². The van der Waals surface area contributed by atoms with Crippen molar-refractivity contribution < 1.29 is 19.2 Å². The summed E-state index contributed by atoms with van der Waals surface area (Å²) in [5.74, 6) is 0. The molecule has 2 aromatic rings. The molecule has 7 heteroatoms. The van der Waals surface area contributed by atoms with E-state index in [1.807, 2.05) is 39.8 Å². The van der Waals surface area contributed by atoms with Gasteiger partial charge >= 0.3 is 13.2 Å². The Bertz CT molecular complexity index is 750. The number of carbonyl (C=O) groups is 1. The molecule has 0 saturated carbocycles. The van der Waals surface area contributed by atoms with E-state index in [4.69, 9.17) is 9.31 Å². The maximum absolute atomic E-state index is 11.3. The predicted octanol–water partition coefficient (Wildman–Crippen LogP) is 2.17. The highest BCUT2D eigenvalue weighted by atomic mass is 16.7. The molecule has 1 aliphatic rings. The van der Waals surface area contributed by atoms with Crippen molar-refractivity contribution in [2.75, 3.05) is 0 Å². The fourth-order valence-electron chi connectivity index (χ4n) is 2.56. The first kappa shape index (κ1) is 15.1. The van der Waals surface area contributed by atoms with Crippen LogP contribution in [0.5, 0.6) is 0 Å². The highest BCUT2D eigenvalue weighted by Gasteiger charge is 2.51. The number of nitrogens with zero attached hydrogens (tertiary/aromatic N) is 2. The lowest BCUT2D eigenvalue weighted by molar-refractivity contribution is 0.00578. The highest BCUT2D eigenvalue weighted by molar-refractivity contribution is 6.62. The first-order valence-electron chi connectivity index (χ1n) is 7.20. The van der Waals surface area contributed by atoms with E-state index in [0.29, 0.717) is 11.2 Å². The second-order valence-corrected chi connectivity index (χ2v) is 6.64. The first-order chi connectivity index (χ1) is 10.1. The summed E-state index contributed by atoms with van der Waals surface area (Å²) in [5, 5.41) is 14.1. The van der Waals surface area contributed by atoms with Crippen LogP contribution in [0.4, 0.5) is 4.79 Å². The van der Waals surface area contributed by atoms with Crippen LogP contribution in [0.1, 0.15) is 33.4 Å². The molecule has 6 nitrogen and oxygen atoms in total. The minimum atomic E-state index is -1.11. The number of fused-ring (bicyclic) bond motifs is 1. The molecule has 1 aromatic carbocycles. The Morgan fingerprint density at radius 2 is 1.82 bits per heavy atom. The van der Waals surface area contributed by atoms with Crippen LogP contribution in [0.15, 0.2) is 18.2 Å². The number of hydrogen-bond donors (Lipinski definition) is 1. The smallest absolute Gasteiger partial charge is 0.463 e. The Morgan fingerprint density at radius 1 is 1.23 bits per heavy atom. The topological polar surface area (TPSA) is 73.6 Å². The SMILES string of the molecule is Cc1nn(C(=O)O)c2cc(B3OC(C)(C)C(C)(C)O3)ccc12. The van der Waals surface area contributed by atoms with Crippen molar-refractivity contribution in [3.63, 3.8) is 0 Å². The third-order valence-corrected chi connectivity index (χ3v) is 4.60. The van der Waals surface area contributed by atoms with Crippen LogP contribution in [-0.4, -0.2) is 39.3 Å². The second kappa shape index (κ2) is 4.57. The van der Waals surface area contributed by atoms with Gasteiger partial charge in [-0.2, -0.15) is 9.78 Å². The van der Waals surface area contributed by atoms with Gasteiger partial charge in [0.1, 0.15) is 0 Å². The summed E-state index contributed by atoms with van der Waals surface area (Å²) in [6.07, 6.45) is -1.11. The molecule has 0 unspecified atom stereocenters. The lowest BCUT2D eigenvalue weighted by Crippen LogP contribution is -2.41. The van der Waals surface area contributed by atoms with Crippen molar-refractivity contribution in [1.82, 2.24) is 9.78 Å². The van der Waals surface area contributed by atoms with Crippen molar-refractivity contribution in [3.05, 3.63) is 23.9 Å². The number of hydrogen-bond acceptors (Lipinski definition) is 4. The van der Waals surface area contributed by atoms with Gasteiger partial charge in [-0.05, 0) is 46.1 Å². The highest BCUT2D eigenvalue weighted by Crippen LogP contribution is 2.36. The van der Waals surface area contributed by atoms with Crippen LogP contribution in [0, 0.1) is 6.92 Å². The molecule has 1 saturated heterocycles. The molecule has 0 atom stereocenters. The molecular formula is C15H19BN2O4. The van der Waals surface area contributed by atoms with Gasteiger partial charge in [-0.3, -0.25) is 0 Å². The van der Waals surface area contributed by atoms with E-state index in [-0.39, 0.29) is 0 Å². The second-order valence-electron chi connectivity index (χ2n) is 6.64. The van der Waals surface area contributed by atoms with Gasteiger partial charge in [-0.25, -0.2) is 4.79 Å². The molecule has 116 valence electrons. The molecule has 0 bridgehead atoms. The predicted molar refractivity (Wildman–Crippen MR) is 83.6 cm³/mol. The molecule has 1 N–H and O–H groups in total. The summed E-state index contributed by atoms with van der Waals surface area (Å²) in [6, 6.07) is 5.52. The number of aromatic nitrogens is 2. The quantitative estimate of drug-likeness (QED) is 0.817. The maximum atomic E-state index is 11.3. The van der Waals surface area contributed by atoms with Crippen molar-refractivity contribution in [2.45, 2.75) is 45.8 Å². The van der Waals surface area contributed by atoms with Gasteiger partial charge in [-0.15, -0.1) is 0 Å². The van der Waals surface area contributed by atoms with Crippen LogP contribution in [0.3, 0.4) is 0 Å². The third-order valence-electron chi connectivity index (χ3n) is 4.60. The normalized spacial score (nSPS) is 19.8. The average molecular weight is 302 g/mol. The fourth-order valence-corrected chi connectivity index (χ4v) is 2.56. The fraction of sp³-hybridized carbons (Fsp3) is 0.467. The van der Waals surface area contributed by atoms with Gasteiger partial charge in [0.25, 0.3) is 0 Å². The van der Waals surface area contributed by atoms with E-state index in [9.17, 15) is 9.90 Å². The number of benzene rings is 1. The lowest BCUT2D eigenvalue weighted by Gasteiger charge is -2.32. The monoisotopic (exact) mass is 302 g/mol. The zero-order valence-corrected chi connectivity index (χ0v) is 13.4. The van der Waals surface area contributed by atoms with Crippen LogP contribution >= 0.6 is 0 Å². The Labute approximate surface area is 129 Å². The van der Waals surface area contributed by atoms with Gasteiger partial charge in [0.05, 0.1) is 22.4 Å². The Kier molecular flexibility index (Phi) is 3.13. The molecular weight excluding hydrogens is 283 g/mol. The molecule has 3 rings (SSSR count). The van der Waals surface area contributed by atoms with Crippen LogP contribution in [-0.2, 0) is 9.31 Å². The van der Waals surface area contributed by atoms with E-state index in [0.717, 1.165) is 15.5 Å². The average Bonchev–Trinajstić information content (AvgIpc) is 2.84. The van der Waals surface area contributed by atoms with E-state index in [1.54, 1.807) is 13.0 Å². The van der Waals surface area contributed by atoms with Gasteiger partial charge < -0.3 is 14.4 Å². The summed E-state index contributed by atoms with van der Waals surface area (Å²) in [5.41, 5.74) is 1.13. The summed E-state index contributed by atoms with van der Waals surface area (Å²) >= 11 is 0. The van der Waals surface area contributed by atoms with E-state index in [1.165, 1.54) is 0 Å². The van der Waals surface area contributed by atoms with Crippen molar-refractivity contribution in [2.24, 2.45) is 0 Å². The third kappa shape index (κ3) is 2.12. The molecule has 0 radical (unpaired) electrons. The molecule has 0 amide bonds. The minimum Gasteiger partial charge on any atom is -0.463 e. The largest absolute Gasteiger partial charge is 0.494 e. The number of carboxylic acid groups (broad SMARTS) is 1. The van der Waals surface area contributed by atoms with Crippen LogP contribution in [0.2, 0.25) is 0 Å². The lowest BCUT2D eigenvalue weighted by atomic mass is 9.79. The van der Waals surface area contributed by atoms with Crippen molar-refractivity contribution in [1.29, 1.82) is 0 Å². The van der Waals surface area contributed by atoms with Crippen LogP contribution in [0.25, 0.3) is 10.9 Å². The van der Waals surface area contributed by atoms with Crippen LogP contribution < -0.4 is 5.46 Å². The van der Waals surface area contributed by atoms with Gasteiger partial charge in [0.15, 0.2) is 0 Å². The summed E-state index contributed by atoms with van der Waals surface area (Å²) in [6.45, 7) is 9.72. The Hall–Kier alpha value is -1.86. The molecule has 0 spiro atoms. The Balaban J connectivity index is 2.07. The number of rotatable bonds is 1. The van der Waals surface area contributed by atoms with E-state index in [2.05, 4.69) is 5.10 Å². The minimum absolute atomic E-state index is 0.435. The van der Waals surface area contributed by atoms with Crippen molar-refractivity contribution >= 4 is 29.6 Å². The van der Waals surface area contributed by atoms with Gasteiger partial charge in [-0.1, -0.05) is 12.1 Å². The van der Waals surface area contributed by atoms with Crippen molar-refractivity contribution in [3.8, 4) is 0 Å². The summed E-state index contributed by atoms with van der Waals surface area (Å²) < 4.78 is 13.0. The molecule has 1 aromatic heterocycles. The Morgan fingerprint density at radius 3 is 2.36 bits per heavy atom. The molecule has 0 aliphatic carbocycles.